The van der Waals surface area contributed by atoms with Gasteiger partial charge in [0.2, 0.25) is 11.9 Å². The fourth-order valence-electron chi connectivity index (χ4n) is 3.42. The molecule has 0 unspecified atom stereocenters. The van der Waals surface area contributed by atoms with E-state index >= 15 is 0 Å². The normalized spacial score (nSPS) is 16.0. The summed E-state index contributed by atoms with van der Waals surface area (Å²) in [5.74, 6) is 0.264. The van der Waals surface area contributed by atoms with Gasteiger partial charge in [-0.05, 0) is 44.3 Å². The van der Waals surface area contributed by atoms with Gasteiger partial charge < -0.3 is 4.90 Å². The Morgan fingerprint density at radius 3 is 2.89 bits per heavy atom. The summed E-state index contributed by atoms with van der Waals surface area (Å²) in [6.07, 6.45) is 6.39. The number of hydrogen-bond acceptors (Lipinski definition) is 6. The summed E-state index contributed by atoms with van der Waals surface area (Å²) in [5.41, 5.74) is 2.85. The van der Waals surface area contributed by atoms with Crippen LogP contribution in [0.2, 0.25) is 0 Å². The van der Waals surface area contributed by atoms with Gasteiger partial charge in [-0.2, -0.15) is 0 Å². The Kier molecular flexibility index (Phi) is 5.55. The van der Waals surface area contributed by atoms with Crippen LogP contribution in [-0.4, -0.2) is 70.4 Å². The van der Waals surface area contributed by atoms with Crippen LogP contribution >= 0.6 is 0 Å². The standard InChI is InChI=1S/C21H24N6O/c1-26-8-3-9-27(11-10-26)15-20(28)25-21-23-14-18-6-5-16(12-19(18)24-21)17-4-2-7-22-13-17/h2,4-7,12-14H,3,8-11,15H2,1H3,(H,23,24,25,28). The topological polar surface area (TPSA) is 74.2 Å². The van der Waals surface area contributed by atoms with Crippen LogP contribution in [0.3, 0.4) is 0 Å². The highest BCUT2D eigenvalue weighted by Gasteiger charge is 2.16. The van der Waals surface area contributed by atoms with Crippen LogP contribution < -0.4 is 5.32 Å². The summed E-state index contributed by atoms with van der Waals surface area (Å²) >= 11 is 0. The van der Waals surface area contributed by atoms with E-state index in [4.69, 9.17) is 0 Å². The molecule has 0 spiro atoms. The van der Waals surface area contributed by atoms with Crippen molar-refractivity contribution in [3.05, 3.63) is 48.9 Å². The molecule has 1 aliphatic heterocycles. The monoisotopic (exact) mass is 376 g/mol. The molecule has 1 aliphatic rings. The van der Waals surface area contributed by atoms with E-state index in [2.05, 4.69) is 37.1 Å². The van der Waals surface area contributed by atoms with Crippen molar-refractivity contribution in [1.29, 1.82) is 0 Å². The lowest BCUT2D eigenvalue weighted by Gasteiger charge is -2.19. The molecule has 0 atom stereocenters. The number of benzene rings is 1. The molecule has 7 heteroatoms. The molecular weight excluding hydrogens is 352 g/mol. The van der Waals surface area contributed by atoms with Crippen molar-refractivity contribution < 1.29 is 4.79 Å². The van der Waals surface area contributed by atoms with Crippen LogP contribution in [0.1, 0.15) is 6.42 Å². The minimum absolute atomic E-state index is 0.0766. The number of carbonyl (C=O) groups excluding carboxylic acids is 1. The summed E-state index contributed by atoms with van der Waals surface area (Å²) in [7, 11) is 2.12. The maximum absolute atomic E-state index is 12.4. The zero-order valence-corrected chi connectivity index (χ0v) is 16.0. The van der Waals surface area contributed by atoms with Gasteiger partial charge in [-0.25, -0.2) is 9.97 Å². The molecule has 1 aromatic carbocycles. The number of amides is 1. The van der Waals surface area contributed by atoms with Crippen LogP contribution in [-0.2, 0) is 4.79 Å². The molecule has 1 fully saturated rings. The van der Waals surface area contributed by atoms with E-state index in [0.717, 1.165) is 54.6 Å². The lowest BCUT2D eigenvalue weighted by molar-refractivity contribution is -0.117. The molecule has 1 N–H and O–H groups in total. The van der Waals surface area contributed by atoms with Crippen LogP contribution in [0.4, 0.5) is 5.95 Å². The number of nitrogens with one attached hydrogen (secondary N) is 1. The first-order valence-electron chi connectivity index (χ1n) is 9.55. The predicted octanol–water partition coefficient (Wildman–Crippen LogP) is 2.27. The van der Waals surface area contributed by atoms with E-state index in [1.807, 2.05) is 36.5 Å². The molecule has 1 saturated heterocycles. The van der Waals surface area contributed by atoms with Gasteiger partial charge >= 0.3 is 0 Å². The highest BCUT2D eigenvalue weighted by atomic mass is 16.2. The Bertz CT molecular complexity index is 962. The van der Waals surface area contributed by atoms with E-state index in [0.29, 0.717) is 12.5 Å². The number of rotatable bonds is 4. The van der Waals surface area contributed by atoms with E-state index in [1.54, 1.807) is 12.4 Å². The third kappa shape index (κ3) is 4.49. The maximum atomic E-state index is 12.4. The Morgan fingerprint density at radius 2 is 2.04 bits per heavy atom. The number of aromatic nitrogens is 3. The summed E-state index contributed by atoms with van der Waals surface area (Å²) in [6, 6.07) is 9.92. The summed E-state index contributed by atoms with van der Waals surface area (Å²) in [4.78, 5) is 29.9. The van der Waals surface area contributed by atoms with Crippen LogP contribution in [0.5, 0.6) is 0 Å². The van der Waals surface area contributed by atoms with Gasteiger partial charge in [0, 0.05) is 42.6 Å². The van der Waals surface area contributed by atoms with E-state index in [9.17, 15) is 4.79 Å². The molecule has 1 amide bonds. The van der Waals surface area contributed by atoms with E-state index in [-0.39, 0.29) is 5.91 Å². The molecule has 2 aromatic heterocycles. The summed E-state index contributed by atoms with van der Waals surface area (Å²) in [6.45, 7) is 4.26. The highest BCUT2D eigenvalue weighted by Crippen LogP contribution is 2.23. The fourth-order valence-corrected chi connectivity index (χ4v) is 3.42. The highest BCUT2D eigenvalue weighted by molar-refractivity contribution is 5.92. The van der Waals surface area contributed by atoms with E-state index in [1.165, 1.54) is 0 Å². The first-order chi connectivity index (χ1) is 13.7. The predicted molar refractivity (Wildman–Crippen MR) is 110 cm³/mol. The molecule has 3 heterocycles. The van der Waals surface area contributed by atoms with Gasteiger partial charge in [0.1, 0.15) is 0 Å². The Labute approximate surface area is 164 Å². The van der Waals surface area contributed by atoms with Crippen LogP contribution in [0.15, 0.2) is 48.9 Å². The summed E-state index contributed by atoms with van der Waals surface area (Å²) < 4.78 is 0. The molecule has 0 saturated carbocycles. The quantitative estimate of drug-likeness (QED) is 0.753. The lowest BCUT2D eigenvalue weighted by Crippen LogP contribution is -2.36. The Hall–Kier alpha value is -2.90. The number of likely N-dealkylation sites (N-methyl/N-ethyl adjacent to an activating group) is 1. The first kappa shape index (κ1) is 18.5. The molecule has 7 nitrogen and oxygen atoms in total. The largest absolute Gasteiger partial charge is 0.305 e. The summed E-state index contributed by atoms with van der Waals surface area (Å²) in [5, 5.41) is 3.78. The third-order valence-electron chi connectivity index (χ3n) is 5.01. The molecule has 0 radical (unpaired) electrons. The van der Waals surface area contributed by atoms with Gasteiger partial charge in [0.15, 0.2) is 0 Å². The van der Waals surface area contributed by atoms with Crippen molar-refractivity contribution in [3.63, 3.8) is 0 Å². The van der Waals surface area contributed by atoms with Gasteiger partial charge in [0.25, 0.3) is 0 Å². The number of hydrogen-bond donors (Lipinski definition) is 1. The van der Waals surface area contributed by atoms with Crippen LogP contribution in [0, 0.1) is 0 Å². The second kappa shape index (κ2) is 8.41. The molecule has 144 valence electrons. The number of carbonyl (C=O) groups is 1. The average Bonchev–Trinajstić information content (AvgIpc) is 2.92. The minimum atomic E-state index is -0.0766. The van der Waals surface area contributed by atoms with E-state index < -0.39 is 0 Å². The van der Waals surface area contributed by atoms with Crippen molar-refractivity contribution in [1.82, 2.24) is 24.8 Å². The molecule has 28 heavy (non-hydrogen) atoms. The zero-order valence-electron chi connectivity index (χ0n) is 16.0. The molecule has 0 aliphatic carbocycles. The first-order valence-corrected chi connectivity index (χ1v) is 9.55. The maximum Gasteiger partial charge on any atom is 0.240 e. The smallest absolute Gasteiger partial charge is 0.240 e. The number of pyridine rings is 1. The SMILES string of the molecule is CN1CCCN(CC(=O)Nc2ncc3ccc(-c4cccnc4)cc3n2)CC1. The second-order valence-electron chi connectivity index (χ2n) is 7.19. The Morgan fingerprint density at radius 1 is 1.11 bits per heavy atom. The minimum Gasteiger partial charge on any atom is -0.305 e. The Balaban J connectivity index is 1.47. The van der Waals surface area contributed by atoms with Crippen molar-refractivity contribution in [3.8, 4) is 11.1 Å². The van der Waals surface area contributed by atoms with Crippen molar-refractivity contribution >= 4 is 22.8 Å². The molecule has 4 rings (SSSR count). The third-order valence-corrected chi connectivity index (χ3v) is 5.01. The van der Waals surface area contributed by atoms with Gasteiger partial charge in [-0.15, -0.1) is 0 Å². The number of fused-ring (bicyclic) bond motifs is 1. The van der Waals surface area contributed by atoms with Gasteiger partial charge in [0.05, 0.1) is 12.1 Å². The molecular formula is C21H24N6O. The number of nitrogens with zero attached hydrogens (tertiary/aromatic N) is 5. The van der Waals surface area contributed by atoms with Crippen molar-refractivity contribution in [2.75, 3.05) is 45.1 Å². The van der Waals surface area contributed by atoms with Crippen LogP contribution in [0.25, 0.3) is 22.0 Å². The molecule has 0 bridgehead atoms. The second-order valence-corrected chi connectivity index (χ2v) is 7.19. The average molecular weight is 376 g/mol. The molecule has 3 aromatic rings. The lowest BCUT2D eigenvalue weighted by atomic mass is 10.1. The zero-order chi connectivity index (χ0) is 19.3. The van der Waals surface area contributed by atoms with Crippen molar-refractivity contribution in [2.24, 2.45) is 0 Å². The number of anilines is 1. The fraction of sp³-hybridized carbons (Fsp3) is 0.333. The van der Waals surface area contributed by atoms with Crippen molar-refractivity contribution in [2.45, 2.75) is 6.42 Å². The van der Waals surface area contributed by atoms with Gasteiger partial charge in [-0.3, -0.25) is 20.0 Å². The van der Waals surface area contributed by atoms with Gasteiger partial charge in [-0.1, -0.05) is 18.2 Å².